The van der Waals surface area contributed by atoms with Gasteiger partial charge in [-0.2, -0.15) is 4.90 Å². The topological polar surface area (TPSA) is 80.0 Å². The van der Waals surface area contributed by atoms with Gasteiger partial charge in [-0.1, -0.05) is 29.5 Å². The van der Waals surface area contributed by atoms with Gasteiger partial charge < -0.3 is 15.3 Å². The number of amidine groups is 1. The molecular weight excluding hydrogens is 338 g/mol. The number of hydrogen-bond donors (Lipinski definition) is 1. The average molecular weight is 354 g/mol. The van der Waals surface area contributed by atoms with E-state index in [1.54, 1.807) is 23.9 Å². The molecule has 1 aromatic rings. The maximum absolute atomic E-state index is 10.8. The van der Waals surface area contributed by atoms with Crippen LogP contribution in [0.25, 0.3) is 0 Å². The van der Waals surface area contributed by atoms with E-state index in [2.05, 4.69) is 51.5 Å². The van der Waals surface area contributed by atoms with Crippen LogP contribution in [0.5, 0.6) is 0 Å². The van der Waals surface area contributed by atoms with Crippen molar-refractivity contribution in [2.24, 2.45) is 5.10 Å². The second-order valence-corrected chi connectivity index (χ2v) is 6.79. The largest absolute Gasteiger partial charge is 0.612 e. The predicted octanol–water partition coefficient (Wildman–Crippen LogP) is 2.43. The van der Waals surface area contributed by atoms with Crippen LogP contribution in [0.2, 0.25) is 0 Å². The van der Waals surface area contributed by atoms with Crippen molar-refractivity contribution in [2.45, 2.75) is 6.92 Å². The summed E-state index contributed by atoms with van der Waals surface area (Å²) in [5, 5.41) is 26.9. The first-order valence-electron chi connectivity index (χ1n) is 7.79. The lowest BCUT2D eigenvalue weighted by molar-refractivity contribution is -0.377. The van der Waals surface area contributed by atoms with Crippen molar-refractivity contribution < 1.29 is 4.90 Å². The molecule has 0 unspecified atom stereocenters. The van der Waals surface area contributed by atoms with Gasteiger partial charge in [-0.3, -0.25) is 10.3 Å². The molecule has 1 aromatic carbocycles. The fourth-order valence-corrected chi connectivity index (χ4v) is 3.70. The van der Waals surface area contributed by atoms with Gasteiger partial charge in [0.05, 0.1) is 12.5 Å². The number of nitrogens with zero attached hydrogens (tertiary/aromatic N) is 4. The molecule has 25 heavy (non-hydrogen) atoms. The Bertz CT molecular complexity index is 832. The van der Waals surface area contributed by atoms with Gasteiger partial charge in [-0.25, -0.2) is 0 Å². The Labute approximate surface area is 149 Å². The molecule has 0 aromatic heterocycles. The number of aryl methyl sites for hydroxylation is 1. The summed E-state index contributed by atoms with van der Waals surface area (Å²) in [6.07, 6.45) is 6.51. The quantitative estimate of drug-likeness (QED) is 0.616. The highest BCUT2D eigenvalue weighted by Crippen LogP contribution is 2.30. The Morgan fingerprint density at radius 2 is 1.84 bits per heavy atom. The fourth-order valence-electron chi connectivity index (χ4n) is 2.78. The Balaban J connectivity index is 1.59. The molecule has 0 spiro atoms. The standard InChI is InChI=1S/C17H16N5O2S/c1-12-2-6-14(7-3-12)20-10-21-16(18-19-17(21)25-11-20)13-4-8-15(9-5-13)22(23)24/h2-9,18H,10-11H2,1H3/q-1. The zero-order valence-electron chi connectivity index (χ0n) is 13.5. The Morgan fingerprint density at radius 3 is 2.52 bits per heavy atom. The van der Waals surface area contributed by atoms with Gasteiger partial charge in [0, 0.05) is 23.4 Å². The van der Waals surface area contributed by atoms with Crippen molar-refractivity contribution in [1.82, 2.24) is 10.3 Å². The summed E-state index contributed by atoms with van der Waals surface area (Å²) in [5.41, 5.74) is 6.40. The molecule has 0 atom stereocenters. The van der Waals surface area contributed by atoms with Gasteiger partial charge in [-0.05, 0) is 31.2 Å². The predicted molar refractivity (Wildman–Crippen MR) is 101 cm³/mol. The molecule has 0 saturated carbocycles. The summed E-state index contributed by atoms with van der Waals surface area (Å²) >= 11 is 1.66. The molecule has 8 heteroatoms. The van der Waals surface area contributed by atoms with E-state index in [9.17, 15) is 10.4 Å². The van der Waals surface area contributed by atoms with E-state index < -0.39 is 4.90 Å². The minimum atomic E-state index is -0.395. The number of hydrogen-bond acceptors (Lipinski definition) is 7. The van der Waals surface area contributed by atoms with Gasteiger partial charge in [0.1, 0.15) is 5.82 Å². The molecule has 2 aliphatic heterocycles. The molecule has 7 nitrogen and oxygen atoms in total. The number of nitrogens with one attached hydrogen (secondary N) is 1. The summed E-state index contributed by atoms with van der Waals surface area (Å²) in [6, 6.07) is 8.44. The molecule has 0 amide bonds. The first kappa shape index (κ1) is 15.6. The van der Waals surface area contributed by atoms with E-state index in [0.717, 1.165) is 28.1 Å². The van der Waals surface area contributed by atoms with E-state index in [1.165, 1.54) is 17.7 Å². The molecule has 3 aliphatic rings. The van der Waals surface area contributed by atoms with Crippen LogP contribution in [0, 0.1) is 17.3 Å². The molecule has 1 N–H and O–H groups in total. The molecule has 2 heterocycles. The summed E-state index contributed by atoms with van der Waals surface area (Å²) < 4.78 is 0. The van der Waals surface area contributed by atoms with Crippen LogP contribution >= 0.6 is 11.8 Å². The number of thioether (sulfide) groups is 1. The Kier molecular flexibility index (Phi) is 3.89. The second-order valence-electron chi connectivity index (χ2n) is 5.88. The third kappa shape index (κ3) is 2.96. The highest BCUT2D eigenvalue weighted by Gasteiger charge is 2.31. The van der Waals surface area contributed by atoms with Gasteiger partial charge in [0.2, 0.25) is 5.71 Å². The monoisotopic (exact) mass is 354 g/mol. The first-order chi connectivity index (χ1) is 12.1. The fraction of sp³-hybridized carbons (Fsp3) is 0.176. The molecule has 1 fully saturated rings. The number of fused-ring (bicyclic) bond motifs is 1. The van der Waals surface area contributed by atoms with E-state index >= 15 is 0 Å². The minimum absolute atomic E-state index is 0.0813. The van der Waals surface area contributed by atoms with Crippen LogP contribution in [0.3, 0.4) is 0 Å². The Hall–Kier alpha value is -2.87. The summed E-state index contributed by atoms with van der Waals surface area (Å²) in [7, 11) is 0. The van der Waals surface area contributed by atoms with E-state index in [0.29, 0.717) is 6.67 Å². The van der Waals surface area contributed by atoms with Crippen LogP contribution in [0.1, 0.15) is 5.56 Å². The minimum Gasteiger partial charge on any atom is -0.612 e. The summed E-state index contributed by atoms with van der Waals surface area (Å²) in [6.45, 7) is 2.75. The zero-order chi connectivity index (χ0) is 17.4. The first-order valence-corrected chi connectivity index (χ1v) is 8.78. The molecule has 128 valence electrons. The van der Waals surface area contributed by atoms with Crippen molar-refractivity contribution in [3.8, 4) is 0 Å². The van der Waals surface area contributed by atoms with Gasteiger partial charge in [0.15, 0.2) is 5.17 Å². The van der Waals surface area contributed by atoms with Crippen LogP contribution in [0.4, 0.5) is 5.69 Å². The summed E-state index contributed by atoms with van der Waals surface area (Å²) in [5.74, 6) is 1.67. The van der Waals surface area contributed by atoms with Crippen LogP contribution in [-0.4, -0.2) is 33.2 Å². The van der Waals surface area contributed by atoms with Crippen LogP contribution < -0.4 is 10.3 Å². The molecule has 0 bridgehead atoms. The summed E-state index contributed by atoms with van der Waals surface area (Å²) in [4.78, 5) is 3.96. The highest BCUT2D eigenvalue weighted by molar-refractivity contribution is 8.13. The number of hydrazone groups is 1. The maximum atomic E-state index is 10.8. The molecule has 1 aliphatic carbocycles. The van der Waals surface area contributed by atoms with Gasteiger partial charge in [0.25, 0.3) is 0 Å². The smallest absolute Gasteiger partial charge is 0.222 e. The third-order valence-corrected chi connectivity index (χ3v) is 5.18. The van der Waals surface area contributed by atoms with Gasteiger partial charge >= 0.3 is 0 Å². The van der Waals surface area contributed by atoms with Crippen molar-refractivity contribution in [2.75, 3.05) is 17.4 Å². The van der Waals surface area contributed by atoms with Crippen LogP contribution in [-0.2, 0) is 0 Å². The molecule has 0 radical (unpaired) electrons. The van der Waals surface area contributed by atoms with Crippen molar-refractivity contribution in [3.63, 3.8) is 0 Å². The maximum Gasteiger partial charge on any atom is 0.222 e. The number of anilines is 1. The van der Waals surface area contributed by atoms with E-state index in [1.807, 2.05) is 0 Å². The van der Waals surface area contributed by atoms with Crippen molar-refractivity contribution in [1.29, 1.82) is 0 Å². The van der Waals surface area contributed by atoms with E-state index in [4.69, 9.17) is 0 Å². The average Bonchev–Trinajstić information content (AvgIpc) is 3.05. The second kappa shape index (κ2) is 6.21. The lowest BCUT2D eigenvalue weighted by Crippen LogP contribution is -2.44. The van der Waals surface area contributed by atoms with Crippen LogP contribution in [0.15, 0.2) is 65.1 Å². The van der Waals surface area contributed by atoms with Gasteiger partial charge in [-0.15, -0.1) is 5.10 Å². The SMILES string of the molecule is Cc1ccc(N2CSC3=NNC(=C4C=CC(=[N+]([O-])[O-])C=C4)N3C2)cc1. The number of allylic oxidation sites excluding steroid dienone is 5. The van der Waals surface area contributed by atoms with Crippen molar-refractivity contribution >= 4 is 28.3 Å². The number of rotatable bonds is 1. The van der Waals surface area contributed by atoms with Crippen molar-refractivity contribution in [3.05, 3.63) is 75.9 Å². The molecule has 4 rings (SSSR count). The normalized spacial score (nSPS) is 19.1. The Morgan fingerprint density at radius 1 is 1.12 bits per heavy atom. The molecule has 1 saturated heterocycles. The zero-order valence-corrected chi connectivity index (χ0v) is 14.4. The highest BCUT2D eigenvalue weighted by atomic mass is 32.2. The molecular formula is C17H16N5O2S-. The lowest BCUT2D eigenvalue weighted by atomic mass is 10.1. The lowest BCUT2D eigenvalue weighted by Gasteiger charge is -2.35. The third-order valence-electron chi connectivity index (χ3n) is 4.17. The van der Waals surface area contributed by atoms with E-state index in [-0.39, 0.29) is 5.71 Å². The number of benzene rings is 1.